The van der Waals surface area contributed by atoms with Crippen molar-refractivity contribution in [2.75, 3.05) is 13.7 Å². The van der Waals surface area contributed by atoms with E-state index in [1.54, 1.807) is 0 Å². The van der Waals surface area contributed by atoms with E-state index in [0.717, 1.165) is 19.4 Å². The Kier molecular flexibility index (Phi) is 6.43. The summed E-state index contributed by atoms with van der Waals surface area (Å²) in [5.41, 5.74) is 1.24. The average Bonchev–Trinajstić information content (AvgIpc) is 2.99. The van der Waals surface area contributed by atoms with Gasteiger partial charge in [0, 0.05) is 22.4 Å². The maximum atomic E-state index is 6.03. The zero-order chi connectivity index (χ0) is 15.1. The summed E-state index contributed by atoms with van der Waals surface area (Å²) in [7, 11) is 2.02. The summed E-state index contributed by atoms with van der Waals surface area (Å²) in [6.45, 7) is 4.99. The van der Waals surface area contributed by atoms with Crippen LogP contribution in [0.15, 0.2) is 42.5 Å². The van der Waals surface area contributed by atoms with Gasteiger partial charge in [0.25, 0.3) is 0 Å². The molecule has 21 heavy (non-hydrogen) atoms. The van der Waals surface area contributed by atoms with E-state index >= 15 is 0 Å². The number of likely N-dealkylation sites (N-methyl/N-ethyl adjacent to an activating group) is 1. The first-order valence-corrected chi connectivity index (χ1v) is 8.51. The first-order chi connectivity index (χ1) is 10.3. The van der Waals surface area contributed by atoms with Crippen molar-refractivity contribution in [1.82, 2.24) is 5.32 Å². The Morgan fingerprint density at radius 3 is 2.33 bits per heavy atom. The van der Waals surface area contributed by atoms with Gasteiger partial charge in [-0.3, -0.25) is 0 Å². The normalized spacial score (nSPS) is 14.0. The number of hydrogen-bond donors (Lipinski definition) is 1. The molecule has 2 rings (SSSR count). The van der Waals surface area contributed by atoms with Crippen LogP contribution >= 0.6 is 11.3 Å². The highest BCUT2D eigenvalue weighted by Gasteiger charge is 2.23. The molecule has 0 aliphatic rings. The van der Waals surface area contributed by atoms with Crippen molar-refractivity contribution in [2.45, 2.75) is 38.8 Å². The van der Waals surface area contributed by atoms with E-state index in [1.807, 2.05) is 24.5 Å². The fraction of sp³-hybridized carbons (Fsp3) is 0.444. The standard InChI is InChI=1S/C18H25NOS/c1-4-15-11-12-16(21-15)13-17(19-3)18(20-5-2)14-9-7-6-8-10-14/h6-12,17-19H,4-5,13H2,1-3H3. The average molecular weight is 303 g/mol. The Morgan fingerprint density at radius 1 is 1.05 bits per heavy atom. The van der Waals surface area contributed by atoms with Crippen molar-refractivity contribution in [3.8, 4) is 0 Å². The second-order valence-electron chi connectivity index (χ2n) is 5.11. The lowest BCUT2D eigenvalue weighted by molar-refractivity contribution is 0.0354. The molecule has 0 amide bonds. The summed E-state index contributed by atoms with van der Waals surface area (Å²) in [4.78, 5) is 2.87. The molecule has 2 unspecified atom stereocenters. The van der Waals surface area contributed by atoms with Gasteiger partial charge in [0.05, 0.1) is 6.10 Å². The quantitative estimate of drug-likeness (QED) is 0.788. The van der Waals surface area contributed by atoms with Gasteiger partial charge in [-0.1, -0.05) is 37.3 Å². The number of rotatable bonds is 8. The van der Waals surface area contributed by atoms with Gasteiger partial charge in [0.2, 0.25) is 0 Å². The third-order valence-electron chi connectivity index (χ3n) is 3.70. The van der Waals surface area contributed by atoms with Gasteiger partial charge in [-0.2, -0.15) is 0 Å². The lowest BCUT2D eigenvalue weighted by atomic mass is 9.99. The van der Waals surface area contributed by atoms with Gasteiger partial charge >= 0.3 is 0 Å². The molecular formula is C18H25NOS. The van der Waals surface area contributed by atoms with Gasteiger partial charge < -0.3 is 10.1 Å². The molecule has 114 valence electrons. The Balaban J connectivity index is 2.15. The summed E-state index contributed by atoms with van der Waals surface area (Å²) in [6.07, 6.45) is 2.21. The molecule has 1 aromatic carbocycles. The van der Waals surface area contributed by atoms with E-state index in [1.165, 1.54) is 15.3 Å². The number of nitrogens with one attached hydrogen (secondary N) is 1. The number of aryl methyl sites for hydroxylation is 1. The van der Waals surface area contributed by atoms with Gasteiger partial charge in [-0.15, -0.1) is 11.3 Å². The topological polar surface area (TPSA) is 21.3 Å². The van der Waals surface area contributed by atoms with Crippen molar-refractivity contribution in [1.29, 1.82) is 0 Å². The second-order valence-corrected chi connectivity index (χ2v) is 6.36. The number of ether oxygens (including phenoxy) is 1. The van der Waals surface area contributed by atoms with Crippen LogP contribution in [0.3, 0.4) is 0 Å². The molecule has 0 fully saturated rings. The molecule has 3 heteroatoms. The molecule has 0 radical (unpaired) electrons. The molecule has 0 bridgehead atoms. The van der Waals surface area contributed by atoms with E-state index < -0.39 is 0 Å². The van der Waals surface area contributed by atoms with Crippen LogP contribution in [0.2, 0.25) is 0 Å². The highest BCUT2D eigenvalue weighted by Crippen LogP contribution is 2.26. The molecule has 2 aromatic rings. The second kappa shape index (κ2) is 8.32. The summed E-state index contributed by atoms with van der Waals surface area (Å²) in [5, 5.41) is 3.44. The van der Waals surface area contributed by atoms with Crippen LogP contribution in [0.25, 0.3) is 0 Å². The number of benzene rings is 1. The largest absolute Gasteiger partial charge is 0.372 e. The Labute approximate surface area is 132 Å². The van der Waals surface area contributed by atoms with Crippen molar-refractivity contribution >= 4 is 11.3 Å². The molecule has 0 aliphatic carbocycles. The fourth-order valence-corrected chi connectivity index (χ4v) is 3.58. The predicted molar refractivity (Wildman–Crippen MR) is 91.1 cm³/mol. The molecule has 0 saturated carbocycles. The van der Waals surface area contributed by atoms with Crippen LogP contribution in [0, 0.1) is 0 Å². The summed E-state index contributed by atoms with van der Waals surface area (Å²) in [6, 6.07) is 15.3. The minimum atomic E-state index is 0.0911. The van der Waals surface area contributed by atoms with Crippen LogP contribution in [0.4, 0.5) is 0 Å². The third-order valence-corrected chi connectivity index (χ3v) is 4.95. The zero-order valence-corrected chi connectivity index (χ0v) is 14.0. The maximum absolute atomic E-state index is 6.03. The van der Waals surface area contributed by atoms with E-state index in [2.05, 4.69) is 55.6 Å². The summed E-state index contributed by atoms with van der Waals surface area (Å²) in [5.74, 6) is 0. The van der Waals surface area contributed by atoms with Crippen LogP contribution < -0.4 is 5.32 Å². The van der Waals surface area contributed by atoms with Crippen LogP contribution in [0.1, 0.15) is 35.3 Å². The van der Waals surface area contributed by atoms with Gasteiger partial charge in [0.15, 0.2) is 0 Å². The Bertz CT molecular complexity index is 523. The highest BCUT2D eigenvalue weighted by atomic mass is 32.1. The lowest BCUT2D eigenvalue weighted by Crippen LogP contribution is -2.35. The smallest absolute Gasteiger partial charge is 0.0981 e. The van der Waals surface area contributed by atoms with Gasteiger partial charge in [0.1, 0.15) is 0 Å². The van der Waals surface area contributed by atoms with Crippen molar-refractivity contribution in [2.24, 2.45) is 0 Å². The van der Waals surface area contributed by atoms with Crippen molar-refractivity contribution in [3.63, 3.8) is 0 Å². The van der Waals surface area contributed by atoms with E-state index in [9.17, 15) is 0 Å². The molecule has 1 heterocycles. The predicted octanol–water partition coefficient (Wildman–Crippen LogP) is 4.22. The van der Waals surface area contributed by atoms with E-state index in [-0.39, 0.29) is 12.1 Å². The molecular weight excluding hydrogens is 278 g/mol. The number of hydrogen-bond acceptors (Lipinski definition) is 3. The van der Waals surface area contributed by atoms with E-state index in [4.69, 9.17) is 4.74 Å². The number of thiophene rings is 1. The lowest BCUT2D eigenvalue weighted by Gasteiger charge is -2.27. The molecule has 0 spiro atoms. The molecule has 1 N–H and O–H groups in total. The summed E-state index contributed by atoms with van der Waals surface area (Å²) < 4.78 is 6.03. The molecule has 0 saturated heterocycles. The van der Waals surface area contributed by atoms with E-state index in [0.29, 0.717) is 0 Å². The molecule has 2 atom stereocenters. The van der Waals surface area contributed by atoms with Crippen LogP contribution in [-0.4, -0.2) is 19.7 Å². The van der Waals surface area contributed by atoms with Crippen LogP contribution in [-0.2, 0) is 17.6 Å². The minimum absolute atomic E-state index is 0.0911. The molecule has 2 nitrogen and oxygen atoms in total. The SMILES string of the molecule is CCOC(c1ccccc1)C(Cc1ccc(CC)s1)NC. The third kappa shape index (κ3) is 4.40. The Hall–Kier alpha value is -1.16. The minimum Gasteiger partial charge on any atom is -0.372 e. The highest BCUT2D eigenvalue weighted by molar-refractivity contribution is 7.11. The first-order valence-electron chi connectivity index (χ1n) is 7.69. The Morgan fingerprint density at radius 2 is 1.76 bits per heavy atom. The molecule has 0 aliphatic heterocycles. The van der Waals surface area contributed by atoms with Crippen molar-refractivity contribution < 1.29 is 4.74 Å². The molecule has 1 aromatic heterocycles. The van der Waals surface area contributed by atoms with Gasteiger partial charge in [-0.25, -0.2) is 0 Å². The summed E-state index contributed by atoms with van der Waals surface area (Å²) >= 11 is 1.91. The zero-order valence-electron chi connectivity index (χ0n) is 13.1. The maximum Gasteiger partial charge on any atom is 0.0981 e. The van der Waals surface area contributed by atoms with Gasteiger partial charge in [-0.05, 0) is 44.5 Å². The van der Waals surface area contributed by atoms with Crippen molar-refractivity contribution in [3.05, 3.63) is 57.8 Å². The fourth-order valence-electron chi connectivity index (χ4n) is 2.57. The van der Waals surface area contributed by atoms with Crippen LogP contribution in [0.5, 0.6) is 0 Å². The first kappa shape index (κ1) is 16.2. The monoisotopic (exact) mass is 303 g/mol.